The summed E-state index contributed by atoms with van der Waals surface area (Å²) in [6, 6.07) is 3.87. The number of nitrogens with one attached hydrogen (secondary N) is 1. The van der Waals surface area contributed by atoms with E-state index in [-0.39, 0.29) is 5.84 Å². The summed E-state index contributed by atoms with van der Waals surface area (Å²) in [5, 5.41) is 7.09. The van der Waals surface area contributed by atoms with Crippen molar-refractivity contribution in [2.24, 2.45) is 11.5 Å². The molecular formula is C11H19N3OS. The summed E-state index contributed by atoms with van der Waals surface area (Å²) in [6.45, 7) is 3.83. The molecule has 1 aromatic rings. The van der Waals surface area contributed by atoms with Crippen LogP contribution in [0.3, 0.4) is 0 Å². The van der Waals surface area contributed by atoms with Gasteiger partial charge in [-0.15, -0.1) is 0 Å². The fraction of sp³-hybridized carbons (Fsp3) is 0.545. The lowest BCUT2D eigenvalue weighted by Gasteiger charge is -2.14. The number of rotatable bonds is 6. The van der Waals surface area contributed by atoms with E-state index in [1.54, 1.807) is 11.8 Å². The van der Waals surface area contributed by atoms with Crippen LogP contribution in [0.5, 0.6) is 0 Å². The molecule has 0 unspecified atom stereocenters. The van der Waals surface area contributed by atoms with E-state index in [4.69, 9.17) is 21.3 Å². The number of hydrogen-bond acceptors (Lipinski definition) is 4. The van der Waals surface area contributed by atoms with Gasteiger partial charge >= 0.3 is 0 Å². The van der Waals surface area contributed by atoms with Gasteiger partial charge in [0.25, 0.3) is 0 Å². The van der Waals surface area contributed by atoms with E-state index >= 15 is 0 Å². The molecule has 0 aromatic carbocycles. The van der Waals surface area contributed by atoms with Crippen LogP contribution in [0.2, 0.25) is 0 Å². The average Bonchev–Trinajstić information content (AvgIpc) is 2.59. The zero-order chi connectivity index (χ0) is 12.2. The molecule has 0 aliphatic rings. The molecule has 90 valence electrons. The van der Waals surface area contributed by atoms with Crippen LogP contribution in [0.1, 0.15) is 31.8 Å². The summed E-state index contributed by atoms with van der Waals surface area (Å²) in [7, 11) is 0. The Morgan fingerprint density at radius 1 is 1.50 bits per heavy atom. The second kappa shape index (κ2) is 5.41. The smallest absolute Gasteiger partial charge is 0.123 e. The molecule has 0 fully saturated rings. The third kappa shape index (κ3) is 4.28. The van der Waals surface area contributed by atoms with Crippen molar-refractivity contribution in [2.75, 3.05) is 5.75 Å². The lowest BCUT2D eigenvalue weighted by atomic mass is 10.0. The summed E-state index contributed by atoms with van der Waals surface area (Å²) in [6.07, 6.45) is 0.626. The van der Waals surface area contributed by atoms with E-state index in [9.17, 15) is 0 Å². The lowest BCUT2D eigenvalue weighted by molar-refractivity contribution is 0.381. The first-order valence-electron chi connectivity index (χ1n) is 5.18. The second-order valence-corrected chi connectivity index (χ2v) is 5.42. The molecule has 0 aliphatic carbocycles. The maximum absolute atomic E-state index is 7.09. The van der Waals surface area contributed by atoms with E-state index < -0.39 is 5.54 Å². The van der Waals surface area contributed by atoms with Gasteiger partial charge in [0.05, 0.1) is 17.1 Å². The maximum Gasteiger partial charge on any atom is 0.123 e. The zero-order valence-corrected chi connectivity index (χ0v) is 10.6. The van der Waals surface area contributed by atoms with Crippen molar-refractivity contribution in [2.45, 2.75) is 31.6 Å². The second-order valence-electron chi connectivity index (χ2n) is 4.32. The van der Waals surface area contributed by atoms with Crippen molar-refractivity contribution >= 4 is 17.6 Å². The molecule has 0 aliphatic heterocycles. The Balaban J connectivity index is 2.38. The Bertz CT molecular complexity index is 354. The van der Waals surface area contributed by atoms with Gasteiger partial charge in [-0.2, -0.15) is 11.8 Å². The molecule has 0 saturated carbocycles. The van der Waals surface area contributed by atoms with Gasteiger partial charge in [0, 0.05) is 12.2 Å². The summed E-state index contributed by atoms with van der Waals surface area (Å²) in [5.74, 6) is 3.59. The fourth-order valence-corrected chi connectivity index (χ4v) is 2.02. The molecule has 1 aromatic heterocycles. The molecule has 0 bridgehead atoms. The van der Waals surface area contributed by atoms with Gasteiger partial charge in [-0.3, -0.25) is 5.41 Å². The number of hydrogen-bond donors (Lipinski definition) is 3. The predicted octanol–water partition coefficient (Wildman–Crippen LogP) is 2.03. The summed E-state index contributed by atoms with van der Waals surface area (Å²) in [4.78, 5) is 0. The molecule has 16 heavy (non-hydrogen) atoms. The molecule has 5 heteroatoms. The van der Waals surface area contributed by atoms with E-state index in [1.807, 2.05) is 26.0 Å². The molecule has 0 radical (unpaired) electrons. The van der Waals surface area contributed by atoms with Crippen LogP contribution < -0.4 is 11.5 Å². The van der Waals surface area contributed by atoms with Crippen LogP contribution in [0.15, 0.2) is 16.5 Å². The quantitative estimate of drug-likeness (QED) is 0.404. The summed E-state index contributed by atoms with van der Waals surface area (Å²) >= 11 is 1.70. The Kier molecular flexibility index (Phi) is 4.44. The summed E-state index contributed by atoms with van der Waals surface area (Å²) < 4.78 is 5.62. The Morgan fingerprint density at radius 3 is 2.69 bits per heavy atom. The van der Waals surface area contributed by atoms with Crippen molar-refractivity contribution < 1.29 is 4.42 Å². The topological polar surface area (TPSA) is 89.0 Å². The predicted molar refractivity (Wildman–Crippen MR) is 68.6 cm³/mol. The highest BCUT2D eigenvalue weighted by Gasteiger charge is 2.18. The highest BCUT2D eigenvalue weighted by molar-refractivity contribution is 7.98. The minimum atomic E-state index is -0.428. The van der Waals surface area contributed by atoms with E-state index in [2.05, 4.69) is 0 Å². The average molecular weight is 241 g/mol. The van der Waals surface area contributed by atoms with Gasteiger partial charge in [-0.1, -0.05) is 0 Å². The molecule has 0 saturated heterocycles. The van der Waals surface area contributed by atoms with Crippen LogP contribution in [0, 0.1) is 5.41 Å². The third-order valence-electron chi connectivity index (χ3n) is 2.06. The molecule has 0 spiro atoms. The summed E-state index contributed by atoms with van der Waals surface area (Å²) in [5.41, 5.74) is 10.8. The van der Waals surface area contributed by atoms with Gasteiger partial charge in [0.1, 0.15) is 11.5 Å². The van der Waals surface area contributed by atoms with Crippen molar-refractivity contribution in [1.29, 1.82) is 5.41 Å². The van der Waals surface area contributed by atoms with Crippen LogP contribution >= 0.6 is 11.8 Å². The van der Waals surface area contributed by atoms with Gasteiger partial charge in [0.15, 0.2) is 0 Å². The highest BCUT2D eigenvalue weighted by Crippen LogP contribution is 2.22. The first-order valence-corrected chi connectivity index (χ1v) is 6.34. The fourth-order valence-electron chi connectivity index (χ4n) is 1.16. The number of nitrogens with two attached hydrogens (primary N) is 2. The van der Waals surface area contributed by atoms with Crippen molar-refractivity contribution in [1.82, 2.24) is 0 Å². The van der Waals surface area contributed by atoms with E-state index in [0.717, 1.165) is 23.0 Å². The van der Waals surface area contributed by atoms with Crippen LogP contribution in [0.25, 0.3) is 0 Å². The first kappa shape index (κ1) is 13.1. The monoisotopic (exact) mass is 241 g/mol. The number of furan rings is 1. The third-order valence-corrected chi connectivity index (χ3v) is 3.04. The molecule has 0 atom stereocenters. The van der Waals surface area contributed by atoms with Gasteiger partial charge in [-0.05, 0) is 26.0 Å². The highest BCUT2D eigenvalue weighted by atomic mass is 32.2. The van der Waals surface area contributed by atoms with Crippen molar-refractivity contribution in [3.63, 3.8) is 0 Å². The molecule has 1 heterocycles. The zero-order valence-electron chi connectivity index (χ0n) is 9.75. The molecule has 1 rings (SSSR count). The molecular weight excluding hydrogens is 222 g/mol. The van der Waals surface area contributed by atoms with Crippen molar-refractivity contribution in [3.05, 3.63) is 23.7 Å². The molecule has 4 nitrogen and oxygen atoms in total. The lowest BCUT2D eigenvalue weighted by Crippen LogP contribution is -2.27. The van der Waals surface area contributed by atoms with E-state index in [0.29, 0.717) is 6.42 Å². The standard InChI is InChI=1S/C11H19N3OS/c1-11(2,14)9-4-3-8(15-9)7-16-6-5-10(12)13/h3-4H,5-7,14H2,1-2H3,(H3,12,13). The molecule has 5 N–H and O–H groups in total. The van der Waals surface area contributed by atoms with Gasteiger partial charge in [0.2, 0.25) is 0 Å². The number of thioether (sulfide) groups is 1. The SMILES string of the molecule is CC(C)(N)c1ccc(CSCCC(=N)N)o1. The van der Waals surface area contributed by atoms with Crippen LogP contribution in [0.4, 0.5) is 0 Å². The van der Waals surface area contributed by atoms with E-state index in [1.165, 1.54) is 0 Å². The van der Waals surface area contributed by atoms with Crippen molar-refractivity contribution in [3.8, 4) is 0 Å². The minimum Gasteiger partial charge on any atom is -0.463 e. The Morgan fingerprint density at radius 2 is 2.19 bits per heavy atom. The van der Waals surface area contributed by atoms with Gasteiger partial charge < -0.3 is 15.9 Å². The first-order chi connectivity index (χ1) is 7.39. The number of amidine groups is 1. The maximum atomic E-state index is 7.09. The van der Waals surface area contributed by atoms with Crippen LogP contribution in [-0.4, -0.2) is 11.6 Å². The molecule has 0 amide bonds. The Labute approximate surface area is 100 Å². The minimum absolute atomic E-state index is 0.232. The largest absolute Gasteiger partial charge is 0.463 e. The van der Waals surface area contributed by atoms with Gasteiger partial charge in [-0.25, -0.2) is 0 Å². The normalized spacial score (nSPS) is 11.7. The Hall–Kier alpha value is -0.940. The van der Waals surface area contributed by atoms with Crippen LogP contribution in [-0.2, 0) is 11.3 Å².